The van der Waals surface area contributed by atoms with Crippen LogP contribution in [0.15, 0.2) is 36.4 Å². The SMILES string of the molecule is N#Cc1ccc(CNc2c(F)cc([N+](=O)[O-])cc2F)cc1. The number of nitrogens with zero attached hydrogens (tertiary/aromatic N) is 2. The van der Waals surface area contributed by atoms with Gasteiger partial charge in [-0.05, 0) is 17.7 Å². The Morgan fingerprint density at radius 3 is 2.24 bits per heavy atom. The lowest BCUT2D eigenvalue weighted by atomic mass is 10.1. The molecule has 0 amide bonds. The van der Waals surface area contributed by atoms with Gasteiger partial charge in [-0.15, -0.1) is 0 Å². The van der Waals surface area contributed by atoms with Gasteiger partial charge in [0, 0.05) is 6.54 Å². The molecule has 2 rings (SSSR count). The number of halogens is 2. The van der Waals surface area contributed by atoms with Crippen LogP contribution in [0.4, 0.5) is 20.2 Å². The first kappa shape index (κ1) is 14.4. The van der Waals surface area contributed by atoms with Gasteiger partial charge < -0.3 is 5.32 Å². The number of hydrogen-bond acceptors (Lipinski definition) is 4. The van der Waals surface area contributed by atoms with Crippen LogP contribution in [0.3, 0.4) is 0 Å². The zero-order valence-electron chi connectivity index (χ0n) is 10.6. The summed E-state index contributed by atoms with van der Waals surface area (Å²) in [5.41, 5.74) is 0.122. The second kappa shape index (κ2) is 5.96. The van der Waals surface area contributed by atoms with E-state index in [0.717, 1.165) is 0 Å². The number of anilines is 1. The lowest BCUT2D eigenvalue weighted by molar-refractivity contribution is -0.385. The zero-order chi connectivity index (χ0) is 15.4. The van der Waals surface area contributed by atoms with E-state index >= 15 is 0 Å². The fourth-order valence-corrected chi connectivity index (χ4v) is 1.72. The van der Waals surface area contributed by atoms with Gasteiger partial charge in [-0.25, -0.2) is 8.78 Å². The van der Waals surface area contributed by atoms with E-state index in [0.29, 0.717) is 23.3 Å². The summed E-state index contributed by atoms with van der Waals surface area (Å²) >= 11 is 0. The molecule has 21 heavy (non-hydrogen) atoms. The number of non-ortho nitro benzene ring substituents is 1. The van der Waals surface area contributed by atoms with Crippen LogP contribution in [0, 0.1) is 33.1 Å². The Morgan fingerprint density at radius 1 is 1.19 bits per heavy atom. The maximum atomic E-state index is 13.6. The van der Waals surface area contributed by atoms with E-state index in [1.54, 1.807) is 24.3 Å². The molecule has 0 spiro atoms. The second-order valence-electron chi connectivity index (χ2n) is 4.20. The number of nitrogens with one attached hydrogen (secondary N) is 1. The lowest BCUT2D eigenvalue weighted by Crippen LogP contribution is -2.05. The van der Waals surface area contributed by atoms with Crippen molar-refractivity contribution in [3.63, 3.8) is 0 Å². The van der Waals surface area contributed by atoms with E-state index in [1.165, 1.54) is 0 Å². The molecule has 0 aliphatic heterocycles. The third-order valence-electron chi connectivity index (χ3n) is 2.79. The molecule has 0 bridgehead atoms. The molecule has 0 unspecified atom stereocenters. The smallest absolute Gasteiger partial charge is 0.275 e. The van der Waals surface area contributed by atoms with E-state index in [2.05, 4.69) is 5.32 Å². The molecule has 0 aromatic heterocycles. The molecule has 0 radical (unpaired) electrons. The van der Waals surface area contributed by atoms with Gasteiger partial charge in [0.1, 0.15) is 5.69 Å². The Labute approximate surface area is 118 Å². The second-order valence-corrected chi connectivity index (χ2v) is 4.20. The Bertz CT molecular complexity index is 701. The van der Waals surface area contributed by atoms with E-state index in [9.17, 15) is 18.9 Å². The largest absolute Gasteiger partial charge is 0.376 e. The van der Waals surface area contributed by atoms with E-state index in [1.807, 2.05) is 6.07 Å². The van der Waals surface area contributed by atoms with Crippen LogP contribution < -0.4 is 5.32 Å². The topological polar surface area (TPSA) is 79.0 Å². The average Bonchev–Trinajstić information content (AvgIpc) is 2.46. The highest BCUT2D eigenvalue weighted by atomic mass is 19.1. The molecule has 0 atom stereocenters. The first-order valence-corrected chi connectivity index (χ1v) is 5.87. The Balaban J connectivity index is 2.16. The molecule has 1 N–H and O–H groups in total. The van der Waals surface area contributed by atoms with Gasteiger partial charge >= 0.3 is 0 Å². The molecule has 0 fully saturated rings. The highest BCUT2D eigenvalue weighted by molar-refractivity contribution is 5.52. The fraction of sp³-hybridized carbons (Fsp3) is 0.0714. The van der Waals surface area contributed by atoms with Gasteiger partial charge in [0.2, 0.25) is 0 Å². The van der Waals surface area contributed by atoms with Crippen LogP contribution in [0.2, 0.25) is 0 Å². The standard InChI is InChI=1S/C14H9F2N3O2/c15-12-5-11(19(20)21)6-13(16)14(12)18-8-10-3-1-9(7-17)2-4-10/h1-6,18H,8H2. The van der Waals surface area contributed by atoms with E-state index < -0.39 is 27.9 Å². The summed E-state index contributed by atoms with van der Waals surface area (Å²) in [6, 6.07) is 9.73. The van der Waals surface area contributed by atoms with Crippen LogP contribution in [0.25, 0.3) is 0 Å². The Morgan fingerprint density at radius 2 is 1.76 bits per heavy atom. The summed E-state index contributed by atoms with van der Waals surface area (Å²) in [7, 11) is 0. The maximum Gasteiger partial charge on any atom is 0.275 e. The third-order valence-corrected chi connectivity index (χ3v) is 2.79. The highest BCUT2D eigenvalue weighted by Crippen LogP contribution is 2.25. The molecular formula is C14H9F2N3O2. The molecule has 2 aromatic rings. The Hall–Kier alpha value is -3.01. The molecule has 5 nitrogen and oxygen atoms in total. The quantitative estimate of drug-likeness (QED) is 0.691. The number of nitro groups is 1. The maximum absolute atomic E-state index is 13.6. The number of nitro benzene ring substituents is 1. The van der Waals surface area contributed by atoms with Gasteiger partial charge in [-0.3, -0.25) is 10.1 Å². The first-order valence-electron chi connectivity index (χ1n) is 5.87. The minimum atomic E-state index is -1.03. The van der Waals surface area contributed by atoms with Gasteiger partial charge in [0.15, 0.2) is 11.6 Å². The van der Waals surface area contributed by atoms with Crippen LogP contribution in [-0.2, 0) is 6.54 Å². The monoisotopic (exact) mass is 289 g/mol. The summed E-state index contributed by atoms with van der Waals surface area (Å²) in [5, 5.41) is 21.7. The summed E-state index contributed by atoms with van der Waals surface area (Å²) in [6.07, 6.45) is 0. The summed E-state index contributed by atoms with van der Waals surface area (Å²) in [6.45, 7) is 0.122. The third kappa shape index (κ3) is 3.30. The van der Waals surface area contributed by atoms with Crippen molar-refractivity contribution in [1.29, 1.82) is 5.26 Å². The van der Waals surface area contributed by atoms with Crippen molar-refractivity contribution in [3.8, 4) is 6.07 Å². The predicted octanol–water partition coefficient (Wildman–Crippen LogP) is 3.36. The molecule has 106 valence electrons. The summed E-state index contributed by atoms with van der Waals surface area (Å²) in [4.78, 5) is 9.62. The van der Waals surface area contributed by atoms with Gasteiger partial charge in [-0.1, -0.05) is 12.1 Å². The molecule has 0 heterocycles. The summed E-state index contributed by atoms with van der Waals surface area (Å²) in [5.74, 6) is -2.06. The van der Waals surface area contributed by atoms with Crippen molar-refractivity contribution >= 4 is 11.4 Å². The molecule has 0 aliphatic rings. The van der Waals surface area contributed by atoms with Gasteiger partial charge in [0.25, 0.3) is 5.69 Å². The number of hydrogen-bond donors (Lipinski definition) is 1. The van der Waals surface area contributed by atoms with Crippen molar-refractivity contribution in [1.82, 2.24) is 0 Å². The fourth-order valence-electron chi connectivity index (χ4n) is 1.72. The average molecular weight is 289 g/mol. The minimum absolute atomic E-state index is 0.122. The Kier molecular flexibility index (Phi) is 4.09. The van der Waals surface area contributed by atoms with E-state index in [-0.39, 0.29) is 6.54 Å². The number of rotatable bonds is 4. The molecule has 7 heteroatoms. The first-order chi connectivity index (χ1) is 10.0. The van der Waals surface area contributed by atoms with Crippen molar-refractivity contribution in [2.45, 2.75) is 6.54 Å². The molecule has 0 saturated carbocycles. The number of benzene rings is 2. The van der Waals surface area contributed by atoms with Crippen molar-refractivity contribution in [2.24, 2.45) is 0 Å². The summed E-state index contributed by atoms with van der Waals surface area (Å²) < 4.78 is 27.3. The zero-order valence-corrected chi connectivity index (χ0v) is 10.6. The lowest BCUT2D eigenvalue weighted by Gasteiger charge is -2.09. The van der Waals surface area contributed by atoms with Crippen molar-refractivity contribution < 1.29 is 13.7 Å². The van der Waals surface area contributed by atoms with E-state index in [4.69, 9.17) is 5.26 Å². The molecule has 2 aromatic carbocycles. The van der Waals surface area contributed by atoms with Crippen molar-refractivity contribution in [2.75, 3.05) is 5.32 Å². The van der Waals surface area contributed by atoms with Gasteiger partial charge in [-0.2, -0.15) is 5.26 Å². The number of nitriles is 1. The molecule has 0 saturated heterocycles. The normalized spacial score (nSPS) is 9.95. The molecule has 0 aliphatic carbocycles. The van der Waals surface area contributed by atoms with Crippen LogP contribution >= 0.6 is 0 Å². The predicted molar refractivity (Wildman–Crippen MR) is 71.5 cm³/mol. The minimum Gasteiger partial charge on any atom is -0.376 e. The van der Waals surface area contributed by atoms with Crippen LogP contribution in [0.5, 0.6) is 0 Å². The highest BCUT2D eigenvalue weighted by Gasteiger charge is 2.16. The van der Waals surface area contributed by atoms with Crippen LogP contribution in [0.1, 0.15) is 11.1 Å². The van der Waals surface area contributed by atoms with Gasteiger partial charge in [0.05, 0.1) is 28.7 Å². The van der Waals surface area contributed by atoms with Crippen LogP contribution in [-0.4, -0.2) is 4.92 Å². The van der Waals surface area contributed by atoms with Crippen molar-refractivity contribution in [3.05, 3.63) is 69.3 Å². The molecular weight excluding hydrogens is 280 g/mol.